The van der Waals surface area contributed by atoms with Gasteiger partial charge in [0.1, 0.15) is 5.25 Å². The first-order chi connectivity index (χ1) is 9.02. The van der Waals surface area contributed by atoms with Crippen LogP contribution in [0.15, 0.2) is 29.2 Å². The van der Waals surface area contributed by atoms with Gasteiger partial charge in [0.15, 0.2) is 0 Å². The summed E-state index contributed by atoms with van der Waals surface area (Å²) in [6.07, 6.45) is 0. The van der Waals surface area contributed by atoms with Crippen LogP contribution in [-0.4, -0.2) is 24.9 Å². The maximum Gasteiger partial charge on any atom is 0.318 e. The fraction of sp³-hybridized carbons (Fsp3) is 0.533. The van der Waals surface area contributed by atoms with Crippen LogP contribution in [0.4, 0.5) is 0 Å². The molecule has 1 atom stereocenters. The van der Waals surface area contributed by atoms with E-state index in [1.165, 1.54) is 24.4 Å². The predicted octanol–water partition coefficient (Wildman–Crippen LogP) is 3.09. The second-order valence-corrected chi connectivity index (χ2v) is 6.37. The van der Waals surface area contributed by atoms with Crippen molar-refractivity contribution in [2.75, 3.05) is 13.7 Å². The van der Waals surface area contributed by atoms with Crippen molar-refractivity contribution in [3.63, 3.8) is 0 Å². The van der Waals surface area contributed by atoms with Gasteiger partial charge >= 0.3 is 5.97 Å². The van der Waals surface area contributed by atoms with E-state index in [-0.39, 0.29) is 11.2 Å². The van der Waals surface area contributed by atoms with E-state index in [0.717, 1.165) is 18.0 Å². The summed E-state index contributed by atoms with van der Waals surface area (Å²) >= 11 is 1.53. The summed E-state index contributed by atoms with van der Waals surface area (Å²) in [5.41, 5.74) is 1.24. The van der Waals surface area contributed by atoms with E-state index in [1.54, 1.807) is 0 Å². The van der Waals surface area contributed by atoms with Crippen molar-refractivity contribution in [2.45, 2.75) is 37.5 Å². The van der Waals surface area contributed by atoms with Crippen LogP contribution < -0.4 is 5.32 Å². The molecule has 0 bridgehead atoms. The minimum atomic E-state index is -0.187. The van der Waals surface area contributed by atoms with Crippen molar-refractivity contribution in [3.05, 3.63) is 29.8 Å². The minimum Gasteiger partial charge on any atom is -0.468 e. The van der Waals surface area contributed by atoms with Gasteiger partial charge in [-0.1, -0.05) is 26.0 Å². The molecule has 0 spiro atoms. The topological polar surface area (TPSA) is 38.3 Å². The largest absolute Gasteiger partial charge is 0.468 e. The Morgan fingerprint density at radius 1 is 1.37 bits per heavy atom. The number of benzene rings is 1. The van der Waals surface area contributed by atoms with Gasteiger partial charge in [-0.3, -0.25) is 4.79 Å². The Labute approximate surface area is 120 Å². The Bertz CT molecular complexity index is 407. The summed E-state index contributed by atoms with van der Waals surface area (Å²) in [4.78, 5) is 12.5. The number of hydrogen-bond acceptors (Lipinski definition) is 4. The summed E-state index contributed by atoms with van der Waals surface area (Å²) < 4.78 is 4.73. The lowest BCUT2D eigenvalue weighted by Gasteiger charge is -2.11. The van der Waals surface area contributed by atoms with Gasteiger partial charge in [0.25, 0.3) is 0 Å². The molecule has 3 nitrogen and oxygen atoms in total. The van der Waals surface area contributed by atoms with Crippen molar-refractivity contribution < 1.29 is 9.53 Å². The Hall–Kier alpha value is -1.00. The highest BCUT2D eigenvalue weighted by atomic mass is 32.2. The summed E-state index contributed by atoms with van der Waals surface area (Å²) in [7, 11) is 1.42. The Kier molecular flexibility index (Phi) is 6.95. The first-order valence-electron chi connectivity index (χ1n) is 6.57. The van der Waals surface area contributed by atoms with Crippen LogP contribution in [0.5, 0.6) is 0 Å². The van der Waals surface area contributed by atoms with Crippen LogP contribution in [-0.2, 0) is 16.1 Å². The molecular weight excluding hydrogens is 258 g/mol. The number of hydrogen-bond donors (Lipinski definition) is 1. The molecule has 0 aromatic heterocycles. The quantitative estimate of drug-likeness (QED) is 0.616. The number of esters is 1. The van der Waals surface area contributed by atoms with E-state index >= 15 is 0 Å². The number of rotatable bonds is 7. The lowest BCUT2D eigenvalue weighted by Crippen LogP contribution is -2.19. The number of carbonyl (C=O) groups excluding carboxylic acids is 1. The summed E-state index contributed by atoms with van der Waals surface area (Å²) in [5.74, 6) is 0.463. The zero-order valence-electron chi connectivity index (χ0n) is 12.1. The normalized spacial score (nSPS) is 12.5. The Morgan fingerprint density at radius 2 is 2.11 bits per heavy atom. The molecule has 1 unspecified atom stereocenters. The molecule has 1 aromatic carbocycles. The van der Waals surface area contributed by atoms with Crippen LogP contribution in [0.25, 0.3) is 0 Å². The number of nitrogens with one attached hydrogen (secondary N) is 1. The molecule has 0 saturated carbocycles. The molecule has 0 fully saturated rings. The first kappa shape index (κ1) is 16.1. The van der Waals surface area contributed by atoms with Gasteiger partial charge in [0.05, 0.1) is 7.11 Å². The SMILES string of the molecule is COC(=O)C(C)Sc1cccc(CNCC(C)C)c1. The van der Waals surface area contributed by atoms with Gasteiger partial charge in [-0.05, 0) is 37.1 Å². The van der Waals surface area contributed by atoms with Gasteiger partial charge in [-0.2, -0.15) is 0 Å². The van der Waals surface area contributed by atoms with E-state index in [9.17, 15) is 4.79 Å². The van der Waals surface area contributed by atoms with Crippen molar-refractivity contribution in [2.24, 2.45) is 5.92 Å². The van der Waals surface area contributed by atoms with Gasteiger partial charge in [0, 0.05) is 11.4 Å². The molecular formula is C15H23NO2S. The standard InChI is InChI=1S/C15H23NO2S/c1-11(2)9-16-10-13-6-5-7-14(8-13)19-12(3)15(17)18-4/h5-8,11-12,16H,9-10H2,1-4H3. The molecule has 0 radical (unpaired) electrons. The van der Waals surface area contributed by atoms with Gasteiger partial charge in [-0.25, -0.2) is 0 Å². The second-order valence-electron chi connectivity index (χ2n) is 4.96. The van der Waals surface area contributed by atoms with Crippen LogP contribution in [0.1, 0.15) is 26.3 Å². The number of thioether (sulfide) groups is 1. The second kappa shape index (κ2) is 8.23. The summed E-state index contributed by atoms with van der Waals surface area (Å²) in [6, 6.07) is 8.27. The average molecular weight is 281 g/mol. The van der Waals surface area contributed by atoms with E-state index in [4.69, 9.17) is 4.74 Å². The summed E-state index contributed by atoms with van der Waals surface area (Å²) in [6.45, 7) is 8.12. The van der Waals surface area contributed by atoms with Crippen LogP contribution >= 0.6 is 11.8 Å². The third-order valence-corrected chi connectivity index (χ3v) is 3.70. The molecule has 0 aliphatic heterocycles. The lowest BCUT2D eigenvalue weighted by atomic mass is 10.2. The summed E-state index contributed by atoms with van der Waals surface area (Å²) in [5, 5.41) is 3.24. The van der Waals surface area contributed by atoms with Crippen LogP contribution in [0.2, 0.25) is 0 Å². The third kappa shape index (κ3) is 6.12. The van der Waals surface area contributed by atoms with E-state index in [0.29, 0.717) is 5.92 Å². The van der Waals surface area contributed by atoms with Crippen LogP contribution in [0, 0.1) is 5.92 Å². The third-order valence-electron chi connectivity index (χ3n) is 2.63. The molecule has 4 heteroatoms. The molecule has 0 aliphatic rings. The molecule has 0 aliphatic carbocycles. The Morgan fingerprint density at radius 3 is 2.74 bits per heavy atom. The number of carbonyl (C=O) groups is 1. The lowest BCUT2D eigenvalue weighted by molar-refractivity contribution is -0.139. The maximum absolute atomic E-state index is 11.4. The highest BCUT2D eigenvalue weighted by Gasteiger charge is 2.14. The van der Waals surface area contributed by atoms with E-state index in [1.807, 2.05) is 19.1 Å². The average Bonchev–Trinajstić information content (AvgIpc) is 2.37. The smallest absolute Gasteiger partial charge is 0.318 e. The highest BCUT2D eigenvalue weighted by molar-refractivity contribution is 8.00. The molecule has 106 valence electrons. The monoisotopic (exact) mass is 281 g/mol. The van der Waals surface area contributed by atoms with Crippen molar-refractivity contribution in [1.29, 1.82) is 0 Å². The van der Waals surface area contributed by atoms with E-state index in [2.05, 4.69) is 31.3 Å². The zero-order valence-corrected chi connectivity index (χ0v) is 12.9. The van der Waals surface area contributed by atoms with Crippen molar-refractivity contribution >= 4 is 17.7 Å². The van der Waals surface area contributed by atoms with Gasteiger partial charge < -0.3 is 10.1 Å². The molecule has 1 aromatic rings. The molecule has 0 amide bonds. The minimum absolute atomic E-state index is 0.177. The Balaban J connectivity index is 2.54. The molecule has 0 saturated heterocycles. The number of ether oxygens (including phenoxy) is 1. The maximum atomic E-state index is 11.4. The molecule has 1 N–H and O–H groups in total. The van der Waals surface area contributed by atoms with E-state index < -0.39 is 0 Å². The van der Waals surface area contributed by atoms with Crippen molar-refractivity contribution in [3.8, 4) is 0 Å². The highest BCUT2D eigenvalue weighted by Crippen LogP contribution is 2.24. The van der Waals surface area contributed by atoms with Gasteiger partial charge in [-0.15, -0.1) is 11.8 Å². The van der Waals surface area contributed by atoms with Crippen molar-refractivity contribution in [1.82, 2.24) is 5.32 Å². The first-order valence-corrected chi connectivity index (χ1v) is 7.45. The molecule has 19 heavy (non-hydrogen) atoms. The van der Waals surface area contributed by atoms with Gasteiger partial charge in [0.2, 0.25) is 0 Å². The fourth-order valence-corrected chi connectivity index (χ4v) is 2.63. The van der Waals surface area contributed by atoms with Crippen LogP contribution in [0.3, 0.4) is 0 Å². The molecule has 1 rings (SSSR count). The zero-order chi connectivity index (χ0) is 14.3. The predicted molar refractivity (Wildman–Crippen MR) is 80.3 cm³/mol. The fourth-order valence-electron chi connectivity index (χ4n) is 1.65. The molecule has 0 heterocycles. The number of methoxy groups -OCH3 is 1.